The number of benzene rings is 2. The molecule has 2 aromatic rings. The van der Waals surface area contributed by atoms with E-state index < -0.39 is 10.0 Å². The first-order valence-electron chi connectivity index (χ1n) is 7.15. The Labute approximate surface area is 137 Å². The monoisotopic (exact) mass is 332 g/mol. The van der Waals surface area contributed by atoms with E-state index in [0.29, 0.717) is 12.2 Å². The molecule has 0 aliphatic carbocycles. The molecule has 0 aliphatic rings. The van der Waals surface area contributed by atoms with Crippen molar-refractivity contribution in [3.8, 4) is 11.1 Å². The average molecular weight is 332 g/mol. The molecule has 2 rings (SSSR count). The molecule has 1 amide bonds. The molecule has 0 bridgehead atoms. The number of amides is 1. The third-order valence-electron chi connectivity index (χ3n) is 3.56. The SMILES string of the molecule is CC(=O)NCc1ccccc1-c1cccc(N(C)S(C)(=O)=O)c1. The number of hydrogen-bond donors (Lipinski definition) is 1. The Morgan fingerprint density at radius 2 is 1.83 bits per heavy atom. The second kappa shape index (κ2) is 6.83. The standard InChI is InChI=1S/C17H20N2O3S/c1-13(20)18-12-15-7-4-5-10-17(15)14-8-6-9-16(11-14)19(2)23(3,21)22/h4-11H,12H2,1-3H3,(H,18,20). The Morgan fingerprint density at radius 3 is 2.48 bits per heavy atom. The number of anilines is 1. The minimum absolute atomic E-state index is 0.0923. The molecule has 0 saturated heterocycles. The fourth-order valence-electron chi connectivity index (χ4n) is 2.24. The van der Waals surface area contributed by atoms with Gasteiger partial charge in [0, 0.05) is 20.5 Å². The van der Waals surface area contributed by atoms with Crippen molar-refractivity contribution in [3.63, 3.8) is 0 Å². The van der Waals surface area contributed by atoms with Crippen molar-refractivity contribution in [1.29, 1.82) is 0 Å². The van der Waals surface area contributed by atoms with Crippen molar-refractivity contribution in [2.45, 2.75) is 13.5 Å². The summed E-state index contributed by atoms with van der Waals surface area (Å²) in [7, 11) is -1.78. The van der Waals surface area contributed by atoms with Gasteiger partial charge < -0.3 is 5.32 Å². The lowest BCUT2D eigenvalue weighted by Crippen LogP contribution is -2.24. The van der Waals surface area contributed by atoms with E-state index in [-0.39, 0.29) is 5.91 Å². The van der Waals surface area contributed by atoms with E-state index in [1.165, 1.54) is 24.5 Å². The van der Waals surface area contributed by atoms with Gasteiger partial charge in [0.2, 0.25) is 15.9 Å². The zero-order valence-corrected chi connectivity index (χ0v) is 14.2. The molecule has 0 aromatic heterocycles. The molecular formula is C17H20N2O3S. The summed E-state index contributed by atoms with van der Waals surface area (Å²) < 4.78 is 24.6. The highest BCUT2D eigenvalue weighted by Gasteiger charge is 2.13. The minimum atomic E-state index is -3.31. The maximum absolute atomic E-state index is 11.7. The molecule has 23 heavy (non-hydrogen) atoms. The molecule has 0 aliphatic heterocycles. The molecule has 0 saturated carbocycles. The molecular weight excluding hydrogens is 312 g/mol. The zero-order chi connectivity index (χ0) is 17.0. The van der Waals surface area contributed by atoms with Crippen LogP contribution >= 0.6 is 0 Å². The number of hydrogen-bond acceptors (Lipinski definition) is 3. The first-order chi connectivity index (χ1) is 10.8. The van der Waals surface area contributed by atoms with Gasteiger partial charge in [-0.1, -0.05) is 36.4 Å². The number of sulfonamides is 1. The lowest BCUT2D eigenvalue weighted by atomic mass is 9.99. The highest BCUT2D eigenvalue weighted by molar-refractivity contribution is 7.92. The van der Waals surface area contributed by atoms with Crippen molar-refractivity contribution in [2.24, 2.45) is 0 Å². The average Bonchev–Trinajstić information content (AvgIpc) is 2.51. The lowest BCUT2D eigenvalue weighted by molar-refractivity contribution is -0.119. The molecule has 2 aromatic carbocycles. The summed E-state index contributed by atoms with van der Waals surface area (Å²) in [6.45, 7) is 1.90. The highest BCUT2D eigenvalue weighted by atomic mass is 32.2. The Bertz CT molecular complexity index is 816. The third-order valence-corrected chi connectivity index (χ3v) is 4.77. The Balaban J connectivity index is 2.42. The second-order valence-electron chi connectivity index (χ2n) is 5.35. The van der Waals surface area contributed by atoms with E-state index in [9.17, 15) is 13.2 Å². The summed E-state index contributed by atoms with van der Waals surface area (Å²) in [5.74, 6) is -0.0923. The minimum Gasteiger partial charge on any atom is -0.352 e. The van der Waals surface area contributed by atoms with Crippen molar-refractivity contribution < 1.29 is 13.2 Å². The molecule has 0 radical (unpaired) electrons. The van der Waals surface area contributed by atoms with Crippen LogP contribution in [0.5, 0.6) is 0 Å². The van der Waals surface area contributed by atoms with Crippen molar-refractivity contribution in [3.05, 3.63) is 54.1 Å². The molecule has 0 unspecified atom stereocenters. The molecule has 122 valence electrons. The van der Waals surface area contributed by atoms with Crippen LogP contribution in [-0.2, 0) is 21.4 Å². The Hall–Kier alpha value is -2.34. The quantitative estimate of drug-likeness (QED) is 0.914. The third kappa shape index (κ3) is 4.32. The molecule has 6 heteroatoms. The van der Waals surface area contributed by atoms with Crippen LogP contribution in [0.2, 0.25) is 0 Å². The van der Waals surface area contributed by atoms with Crippen LogP contribution in [0.4, 0.5) is 5.69 Å². The predicted octanol–water partition coefficient (Wildman–Crippen LogP) is 2.39. The van der Waals surface area contributed by atoms with Gasteiger partial charge in [-0.3, -0.25) is 9.10 Å². The first kappa shape index (κ1) is 17.0. The fraction of sp³-hybridized carbons (Fsp3) is 0.235. The Kier molecular flexibility index (Phi) is 5.05. The largest absolute Gasteiger partial charge is 0.352 e. The van der Waals surface area contributed by atoms with E-state index in [1.54, 1.807) is 6.07 Å². The van der Waals surface area contributed by atoms with Crippen molar-refractivity contribution in [1.82, 2.24) is 5.32 Å². The van der Waals surface area contributed by atoms with Crippen molar-refractivity contribution in [2.75, 3.05) is 17.6 Å². The summed E-state index contributed by atoms with van der Waals surface area (Å²) in [4.78, 5) is 11.1. The van der Waals surface area contributed by atoms with Gasteiger partial charge in [-0.25, -0.2) is 8.42 Å². The summed E-state index contributed by atoms with van der Waals surface area (Å²) >= 11 is 0. The first-order valence-corrected chi connectivity index (χ1v) is 9.00. The van der Waals surface area contributed by atoms with E-state index in [2.05, 4.69) is 5.32 Å². The van der Waals surface area contributed by atoms with Crippen LogP contribution in [-0.4, -0.2) is 27.6 Å². The van der Waals surface area contributed by atoms with E-state index in [1.807, 2.05) is 42.5 Å². The van der Waals surface area contributed by atoms with Crippen LogP contribution in [0.1, 0.15) is 12.5 Å². The highest BCUT2D eigenvalue weighted by Crippen LogP contribution is 2.28. The number of rotatable bonds is 5. The summed E-state index contributed by atoms with van der Waals surface area (Å²) in [5, 5.41) is 2.79. The molecule has 0 spiro atoms. The van der Waals surface area contributed by atoms with Gasteiger partial charge in [0.05, 0.1) is 11.9 Å². The fourth-order valence-corrected chi connectivity index (χ4v) is 2.73. The van der Waals surface area contributed by atoms with Gasteiger partial charge in [-0.15, -0.1) is 0 Å². The van der Waals surface area contributed by atoms with Crippen LogP contribution in [0.3, 0.4) is 0 Å². The Morgan fingerprint density at radius 1 is 1.13 bits per heavy atom. The second-order valence-corrected chi connectivity index (χ2v) is 7.36. The van der Waals surface area contributed by atoms with Gasteiger partial charge in [-0.05, 0) is 28.8 Å². The number of nitrogens with zero attached hydrogens (tertiary/aromatic N) is 1. The van der Waals surface area contributed by atoms with Crippen LogP contribution in [0, 0.1) is 0 Å². The van der Waals surface area contributed by atoms with E-state index in [0.717, 1.165) is 16.7 Å². The van der Waals surface area contributed by atoms with Gasteiger partial charge in [-0.2, -0.15) is 0 Å². The van der Waals surface area contributed by atoms with Crippen molar-refractivity contribution >= 4 is 21.6 Å². The normalized spacial score (nSPS) is 11.1. The summed E-state index contributed by atoms with van der Waals surface area (Å²) in [5.41, 5.74) is 3.44. The van der Waals surface area contributed by atoms with Gasteiger partial charge in [0.15, 0.2) is 0 Å². The van der Waals surface area contributed by atoms with Gasteiger partial charge in [0.25, 0.3) is 0 Å². The molecule has 0 heterocycles. The maximum atomic E-state index is 11.7. The molecule has 5 nitrogen and oxygen atoms in total. The molecule has 1 N–H and O–H groups in total. The van der Waals surface area contributed by atoms with Gasteiger partial charge in [0.1, 0.15) is 0 Å². The topological polar surface area (TPSA) is 66.5 Å². The van der Waals surface area contributed by atoms with Gasteiger partial charge >= 0.3 is 0 Å². The molecule has 0 fully saturated rings. The summed E-state index contributed by atoms with van der Waals surface area (Å²) in [6, 6.07) is 15.0. The van der Waals surface area contributed by atoms with Crippen LogP contribution in [0.25, 0.3) is 11.1 Å². The van der Waals surface area contributed by atoms with Crippen LogP contribution < -0.4 is 9.62 Å². The number of carbonyl (C=O) groups is 1. The zero-order valence-electron chi connectivity index (χ0n) is 13.4. The maximum Gasteiger partial charge on any atom is 0.231 e. The summed E-state index contributed by atoms with van der Waals surface area (Å²) in [6.07, 6.45) is 1.17. The van der Waals surface area contributed by atoms with E-state index >= 15 is 0 Å². The number of nitrogens with one attached hydrogen (secondary N) is 1. The predicted molar refractivity (Wildman–Crippen MR) is 92.6 cm³/mol. The van der Waals surface area contributed by atoms with Crippen LogP contribution in [0.15, 0.2) is 48.5 Å². The lowest BCUT2D eigenvalue weighted by Gasteiger charge is -2.18. The smallest absolute Gasteiger partial charge is 0.231 e. The van der Waals surface area contributed by atoms with E-state index in [4.69, 9.17) is 0 Å². The molecule has 0 atom stereocenters. The number of carbonyl (C=O) groups excluding carboxylic acids is 1.